The van der Waals surface area contributed by atoms with E-state index >= 15 is 0 Å². The number of piperidine rings is 1. The van der Waals surface area contributed by atoms with Crippen molar-refractivity contribution >= 4 is 11.6 Å². The van der Waals surface area contributed by atoms with Gasteiger partial charge in [0.05, 0.1) is 23.8 Å². The zero-order chi connectivity index (χ0) is 17.2. The predicted octanol–water partition coefficient (Wildman–Crippen LogP) is 3.29. The molecule has 3 rings (SSSR count). The second-order valence-electron chi connectivity index (χ2n) is 6.66. The van der Waals surface area contributed by atoms with Crippen LogP contribution in [0.3, 0.4) is 0 Å². The molecule has 1 saturated heterocycles. The first-order chi connectivity index (χ1) is 11.4. The molecule has 132 valence electrons. The highest BCUT2D eigenvalue weighted by Crippen LogP contribution is 2.37. The molecule has 1 amide bonds. The highest BCUT2D eigenvalue weighted by Gasteiger charge is 2.43. The van der Waals surface area contributed by atoms with E-state index in [9.17, 15) is 18.0 Å². The number of hydrogen-bond donors (Lipinski definition) is 1. The lowest BCUT2D eigenvalue weighted by Crippen LogP contribution is -2.54. The first-order valence-electron chi connectivity index (χ1n) is 8.49. The van der Waals surface area contributed by atoms with Crippen LogP contribution in [0.25, 0.3) is 0 Å². The lowest BCUT2D eigenvalue weighted by molar-refractivity contribution is -0.183. The van der Waals surface area contributed by atoms with E-state index in [1.807, 2.05) is 6.07 Å². The van der Waals surface area contributed by atoms with Crippen LogP contribution in [0.1, 0.15) is 38.5 Å². The zero-order valence-electron chi connectivity index (χ0n) is 13.4. The highest BCUT2D eigenvalue weighted by atomic mass is 19.4. The Balaban J connectivity index is 1.63. The van der Waals surface area contributed by atoms with Crippen LogP contribution >= 0.6 is 0 Å². The molecule has 2 fully saturated rings. The molecule has 0 spiro atoms. The van der Waals surface area contributed by atoms with Crippen LogP contribution in [-0.2, 0) is 4.79 Å². The van der Waals surface area contributed by atoms with Gasteiger partial charge in [0.2, 0.25) is 5.91 Å². The van der Waals surface area contributed by atoms with E-state index in [2.05, 4.69) is 10.3 Å². The van der Waals surface area contributed by atoms with Crippen LogP contribution in [-0.4, -0.2) is 35.7 Å². The first kappa shape index (κ1) is 17.2. The number of amides is 1. The van der Waals surface area contributed by atoms with Gasteiger partial charge in [-0.05, 0) is 44.2 Å². The molecule has 0 aromatic carbocycles. The van der Waals surface area contributed by atoms with Crippen LogP contribution in [0, 0.1) is 5.92 Å². The number of nitrogens with zero attached hydrogens (tertiary/aromatic N) is 2. The summed E-state index contributed by atoms with van der Waals surface area (Å²) in [5.74, 6) is -1.32. The topological polar surface area (TPSA) is 45.2 Å². The summed E-state index contributed by atoms with van der Waals surface area (Å²) in [5.41, 5.74) is 0.741. The second-order valence-corrected chi connectivity index (χ2v) is 6.66. The molecule has 2 aliphatic rings. The smallest absolute Gasteiger partial charge is 0.310 e. The lowest BCUT2D eigenvalue weighted by Gasteiger charge is -2.37. The van der Waals surface area contributed by atoms with Gasteiger partial charge < -0.3 is 10.2 Å². The van der Waals surface area contributed by atoms with E-state index in [1.165, 1.54) is 0 Å². The Morgan fingerprint density at radius 1 is 1.21 bits per heavy atom. The van der Waals surface area contributed by atoms with Crippen molar-refractivity contribution in [1.29, 1.82) is 0 Å². The Hall–Kier alpha value is -1.63. The Kier molecular flexibility index (Phi) is 5.08. The molecule has 1 aliphatic heterocycles. The standard InChI is InChI=1S/C17H22F3N3O/c18-17(19,20)12-4-1-5-13(10-12)22-15-7-3-9-23(16(15)24)14-6-2-8-21-11-14/h2,6,8,11-13,15,22H,1,3-5,7,9-10H2/t12-,13+,15-/m1/s1. The molecule has 0 unspecified atom stereocenters. The molecule has 2 heterocycles. The number of aromatic nitrogens is 1. The average Bonchev–Trinajstić information content (AvgIpc) is 2.57. The third-order valence-electron chi connectivity index (χ3n) is 4.97. The van der Waals surface area contributed by atoms with Crippen LogP contribution in [0.4, 0.5) is 18.9 Å². The van der Waals surface area contributed by atoms with Crippen LogP contribution < -0.4 is 10.2 Å². The van der Waals surface area contributed by atoms with Gasteiger partial charge in [0.25, 0.3) is 0 Å². The van der Waals surface area contributed by atoms with Crippen molar-refractivity contribution in [2.24, 2.45) is 5.92 Å². The number of pyridine rings is 1. The molecule has 1 aliphatic carbocycles. The van der Waals surface area contributed by atoms with E-state index in [0.29, 0.717) is 25.8 Å². The van der Waals surface area contributed by atoms with Gasteiger partial charge in [-0.3, -0.25) is 9.78 Å². The number of hydrogen-bond acceptors (Lipinski definition) is 3. The molecule has 1 N–H and O–H groups in total. The van der Waals surface area contributed by atoms with Crippen LogP contribution in [0.2, 0.25) is 0 Å². The van der Waals surface area contributed by atoms with Gasteiger partial charge in [-0.2, -0.15) is 13.2 Å². The Bertz CT molecular complexity index is 564. The minimum atomic E-state index is -4.14. The van der Waals surface area contributed by atoms with Crippen molar-refractivity contribution in [3.63, 3.8) is 0 Å². The molecule has 1 saturated carbocycles. The Morgan fingerprint density at radius 2 is 2.04 bits per heavy atom. The second kappa shape index (κ2) is 7.09. The number of carbonyl (C=O) groups is 1. The number of anilines is 1. The molecular weight excluding hydrogens is 319 g/mol. The van der Waals surface area contributed by atoms with Crippen LogP contribution in [0.5, 0.6) is 0 Å². The summed E-state index contributed by atoms with van der Waals surface area (Å²) in [6.07, 6.45) is 2.16. The largest absolute Gasteiger partial charge is 0.391 e. The highest BCUT2D eigenvalue weighted by molar-refractivity contribution is 5.97. The first-order valence-corrected chi connectivity index (χ1v) is 8.49. The third kappa shape index (κ3) is 3.88. The quantitative estimate of drug-likeness (QED) is 0.918. The number of alkyl halides is 3. The summed E-state index contributed by atoms with van der Waals surface area (Å²) in [6, 6.07) is 2.95. The molecule has 3 atom stereocenters. The third-order valence-corrected chi connectivity index (χ3v) is 4.97. The summed E-state index contributed by atoms with van der Waals surface area (Å²) in [6.45, 7) is 0.624. The molecule has 1 aromatic rings. The van der Waals surface area contributed by atoms with Gasteiger partial charge in [0.1, 0.15) is 0 Å². The van der Waals surface area contributed by atoms with E-state index in [0.717, 1.165) is 12.1 Å². The maximum absolute atomic E-state index is 12.9. The molecule has 1 aromatic heterocycles. The van der Waals surface area contributed by atoms with Gasteiger partial charge in [-0.25, -0.2) is 0 Å². The SMILES string of the molecule is O=C1[C@H](N[C@H]2CCC[C@@H](C(F)(F)F)C2)CCCN1c1cccnc1. The number of nitrogens with one attached hydrogen (secondary N) is 1. The summed E-state index contributed by atoms with van der Waals surface area (Å²) < 4.78 is 38.8. The summed E-state index contributed by atoms with van der Waals surface area (Å²) in [4.78, 5) is 18.4. The van der Waals surface area contributed by atoms with Gasteiger partial charge in [0.15, 0.2) is 0 Å². The van der Waals surface area contributed by atoms with Crippen LogP contribution in [0.15, 0.2) is 24.5 Å². The van der Waals surface area contributed by atoms with Gasteiger partial charge in [-0.15, -0.1) is 0 Å². The fourth-order valence-electron chi connectivity index (χ4n) is 3.72. The number of carbonyl (C=O) groups excluding carboxylic acids is 1. The van der Waals surface area contributed by atoms with Crippen molar-refractivity contribution in [3.8, 4) is 0 Å². The predicted molar refractivity (Wildman–Crippen MR) is 84.5 cm³/mol. The molecule has 24 heavy (non-hydrogen) atoms. The molecule has 7 heteroatoms. The maximum Gasteiger partial charge on any atom is 0.391 e. The Morgan fingerprint density at radius 3 is 2.75 bits per heavy atom. The van der Waals surface area contributed by atoms with E-state index < -0.39 is 18.1 Å². The molecule has 0 bridgehead atoms. The van der Waals surface area contributed by atoms with Crippen molar-refractivity contribution in [2.75, 3.05) is 11.4 Å². The average molecular weight is 341 g/mol. The summed E-state index contributed by atoms with van der Waals surface area (Å²) in [5, 5.41) is 3.20. The fourth-order valence-corrected chi connectivity index (χ4v) is 3.72. The maximum atomic E-state index is 12.9. The van der Waals surface area contributed by atoms with E-state index in [4.69, 9.17) is 0 Å². The van der Waals surface area contributed by atoms with E-state index in [1.54, 1.807) is 23.4 Å². The normalized spacial score (nSPS) is 28.9. The van der Waals surface area contributed by atoms with Crippen molar-refractivity contribution in [1.82, 2.24) is 10.3 Å². The van der Waals surface area contributed by atoms with Crippen molar-refractivity contribution in [2.45, 2.75) is 56.8 Å². The summed E-state index contributed by atoms with van der Waals surface area (Å²) in [7, 11) is 0. The molecular formula is C17H22F3N3O. The number of rotatable bonds is 3. The number of halogens is 3. The minimum Gasteiger partial charge on any atom is -0.310 e. The molecule has 0 radical (unpaired) electrons. The van der Waals surface area contributed by atoms with Crippen molar-refractivity contribution < 1.29 is 18.0 Å². The lowest BCUT2D eigenvalue weighted by atomic mass is 9.84. The van der Waals surface area contributed by atoms with Gasteiger partial charge in [0, 0.05) is 18.8 Å². The van der Waals surface area contributed by atoms with E-state index in [-0.39, 0.29) is 24.8 Å². The van der Waals surface area contributed by atoms with Gasteiger partial charge >= 0.3 is 6.18 Å². The summed E-state index contributed by atoms with van der Waals surface area (Å²) >= 11 is 0. The molecule has 4 nitrogen and oxygen atoms in total. The van der Waals surface area contributed by atoms with Gasteiger partial charge in [-0.1, -0.05) is 6.42 Å². The minimum absolute atomic E-state index is 0.0663. The Labute approximate surface area is 139 Å². The fraction of sp³-hybridized carbons (Fsp3) is 0.647. The van der Waals surface area contributed by atoms with Crippen molar-refractivity contribution in [3.05, 3.63) is 24.5 Å². The zero-order valence-corrected chi connectivity index (χ0v) is 13.4. The monoisotopic (exact) mass is 341 g/mol.